The molecule has 1 unspecified atom stereocenters. The Morgan fingerprint density at radius 2 is 1.32 bits per heavy atom. The highest BCUT2D eigenvalue weighted by Gasteiger charge is 2.68. The Morgan fingerprint density at radius 1 is 0.625 bits per heavy atom. The predicted octanol–water partition coefficient (Wildman–Crippen LogP) is 7.53. The molecule has 0 fully saturated rings. The van der Waals surface area contributed by atoms with Crippen molar-refractivity contribution in [3.05, 3.63) is 114 Å². The van der Waals surface area contributed by atoms with Crippen molar-refractivity contribution in [1.82, 2.24) is 4.40 Å². The monoisotopic (exact) mass is 527 g/mol. The summed E-state index contributed by atoms with van der Waals surface area (Å²) in [6.07, 6.45) is 2.30. The summed E-state index contributed by atoms with van der Waals surface area (Å²) in [6, 6.07) is 33.5. The van der Waals surface area contributed by atoms with Crippen molar-refractivity contribution >= 4 is 81.5 Å². The van der Waals surface area contributed by atoms with Crippen LogP contribution in [0.15, 0.2) is 103 Å². The van der Waals surface area contributed by atoms with Crippen LogP contribution in [0, 0.1) is 0 Å². The van der Waals surface area contributed by atoms with Crippen molar-refractivity contribution in [2.45, 2.75) is 5.66 Å². The lowest BCUT2D eigenvalue weighted by molar-refractivity contribution is -0.934. The van der Waals surface area contributed by atoms with E-state index < -0.39 is 5.66 Å². The molecule has 0 saturated carbocycles. The molecule has 7 heterocycles. The smallest absolute Gasteiger partial charge is 0.372 e. The van der Waals surface area contributed by atoms with Crippen LogP contribution in [0.2, 0.25) is 0 Å². The minimum atomic E-state index is -0.571. The number of imidazole rings is 1. The number of aromatic nitrogens is 3. The Hall–Kier alpha value is -5.00. The van der Waals surface area contributed by atoms with Gasteiger partial charge in [0, 0.05) is 22.9 Å². The van der Waals surface area contributed by atoms with E-state index in [0.29, 0.717) is 0 Å². The molecule has 0 saturated heterocycles. The molecule has 5 heteroatoms. The lowest BCUT2D eigenvalue weighted by Gasteiger charge is -2.28. The zero-order valence-electron chi connectivity index (χ0n) is 21.0. The predicted molar refractivity (Wildman–Crippen MR) is 159 cm³/mol. The van der Waals surface area contributed by atoms with Gasteiger partial charge in [-0.15, -0.1) is 9.13 Å². The molecule has 0 bridgehead atoms. The van der Waals surface area contributed by atoms with Gasteiger partial charge in [-0.2, -0.15) is 4.40 Å². The van der Waals surface area contributed by atoms with E-state index in [0.717, 1.165) is 11.5 Å². The van der Waals surface area contributed by atoms with Crippen LogP contribution < -0.4 is 13.9 Å². The topological polar surface area (TPSA) is 21.4 Å². The fourth-order valence-corrected chi connectivity index (χ4v) is 9.51. The van der Waals surface area contributed by atoms with Gasteiger partial charge in [-0.1, -0.05) is 53.8 Å². The Kier molecular flexibility index (Phi) is 2.77. The molecule has 5 aromatic carbocycles. The first-order valence-corrected chi connectivity index (χ1v) is 14.6. The van der Waals surface area contributed by atoms with Crippen LogP contribution in [-0.2, 0) is 5.66 Å². The lowest BCUT2D eigenvalue weighted by atomic mass is 9.85. The maximum Gasteiger partial charge on any atom is 0.372 e. The second-order valence-corrected chi connectivity index (χ2v) is 12.2. The third-order valence-electron chi connectivity index (χ3n) is 9.81. The molecule has 1 atom stereocenters. The van der Waals surface area contributed by atoms with Gasteiger partial charge in [-0.3, -0.25) is 0 Å². The number of thiophene rings is 1. The molecule has 0 N–H and O–H groups in total. The summed E-state index contributed by atoms with van der Waals surface area (Å²) in [5, 5.41) is 12.6. The quantitative estimate of drug-likeness (QED) is 0.148. The Morgan fingerprint density at radius 3 is 2.17 bits per heavy atom. The first-order chi connectivity index (χ1) is 19.9. The van der Waals surface area contributed by atoms with E-state index in [1.54, 1.807) is 0 Å². The average molecular weight is 528 g/mol. The fourth-order valence-electron chi connectivity index (χ4n) is 8.58. The number of rotatable bonds is 0. The second-order valence-electron chi connectivity index (χ2n) is 11.3. The minimum absolute atomic E-state index is 0.571. The summed E-state index contributed by atoms with van der Waals surface area (Å²) < 4.78 is 14.6. The summed E-state index contributed by atoms with van der Waals surface area (Å²) >= 11 is 1.83. The van der Waals surface area contributed by atoms with Crippen molar-refractivity contribution in [2.24, 2.45) is 0 Å². The highest BCUT2D eigenvalue weighted by Crippen LogP contribution is 2.58. The molecule has 4 aromatic heterocycles. The Labute approximate surface area is 230 Å². The molecular weight excluding hydrogens is 510 g/mol. The molecule has 0 radical (unpaired) electrons. The van der Waals surface area contributed by atoms with Gasteiger partial charge in [-0.25, -0.2) is 0 Å². The van der Waals surface area contributed by atoms with Crippen molar-refractivity contribution in [3.8, 4) is 11.5 Å². The van der Waals surface area contributed by atoms with Gasteiger partial charge in [0.05, 0.1) is 16.2 Å². The van der Waals surface area contributed by atoms with E-state index in [-0.39, 0.29) is 0 Å². The molecular formula is C35H17N3OS+2. The molecule has 4 nitrogen and oxygen atoms in total. The highest BCUT2D eigenvalue weighted by atomic mass is 32.1. The van der Waals surface area contributed by atoms with E-state index in [1.807, 2.05) is 11.3 Å². The van der Waals surface area contributed by atoms with Crippen molar-refractivity contribution in [2.75, 3.05) is 0 Å². The summed E-state index contributed by atoms with van der Waals surface area (Å²) in [4.78, 5) is 1.28. The number of para-hydroxylation sites is 1. The largest absolute Gasteiger partial charge is 0.456 e. The van der Waals surface area contributed by atoms with E-state index in [9.17, 15) is 0 Å². The number of nitrogens with zero attached hydrogens (tertiary/aromatic N) is 3. The van der Waals surface area contributed by atoms with Gasteiger partial charge in [0.1, 0.15) is 28.1 Å². The summed E-state index contributed by atoms with van der Waals surface area (Å²) in [7, 11) is 0. The molecule has 0 amide bonds. The summed E-state index contributed by atoms with van der Waals surface area (Å²) in [5.41, 5.74) is 7.00. The van der Waals surface area contributed by atoms with Crippen LogP contribution in [-0.4, -0.2) is 4.40 Å². The van der Waals surface area contributed by atoms with Gasteiger partial charge >= 0.3 is 11.3 Å². The van der Waals surface area contributed by atoms with Crippen molar-refractivity contribution in [1.29, 1.82) is 0 Å². The molecule has 182 valence electrons. The highest BCUT2D eigenvalue weighted by molar-refractivity contribution is 7.16. The molecule has 12 rings (SSSR count). The zero-order chi connectivity index (χ0) is 25.5. The lowest BCUT2D eigenvalue weighted by Crippen LogP contribution is -2.71. The van der Waals surface area contributed by atoms with E-state index in [1.165, 1.54) is 81.2 Å². The van der Waals surface area contributed by atoms with Gasteiger partial charge in [0.25, 0.3) is 0 Å². The van der Waals surface area contributed by atoms with Crippen molar-refractivity contribution in [3.63, 3.8) is 0 Å². The maximum atomic E-state index is 6.86. The number of fused-ring (bicyclic) bond motifs is 9. The molecule has 1 spiro atoms. The number of ether oxygens (including phenoxy) is 1. The van der Waals surface area contributed by atoms with Gasteiger partial charge in [-0.05, 0) is 57.9 Å². The van der Waals surface area contributed by atoms with Crippen LogP contribution >= 0.6 is 11.3 Å². The van der Waals surface area contributed by atoms with E-state index in [2.05, 4.69) is 116 Å². The molecule has 3 aliphatic rings. The Bertz CT molecular complexity index is 2730. The molecule has 9 aromatic rings. The van der Waals surface area contributed by atoms with Gasteiger partial charge < -0.3 is 4.74 Å². The zero-order valence-corrected chi connectivity index (χ0v) is 21.8. The van der Waals surface area contributed by atoms with Crippen LogP contribution in [0.1, 0.15) is 11.1 Å². The second kappa shape index (κ2) is 5.79. The average Bonchev–Trinajstić information content (AvgIpc) is 3.75. The van der Waals surface area contributed by atoms with E-state index in [4.69, 9.17) is 4.74 Å². The molecule has 3 aliphatic heterocycles. The number of hydrogen-bond donors (Lipinski definition) is 0. The summed E-state index contributed by atoms with van der Waals surface area (Å²) in [6.45, 7) is 0. The van der Waals surface area contributed by atoms with E-state index >= 15 is 0 Å². The summed E-state index contributed by atoms with van der Waals surface area (Å²) in [5.74, 6) is 1.90. The minimum Gasteiger partial charge on any atom is -0.456 e. The normalized spacial score (nSPS) is 17.8. The van der Waals surface area contributed by atoms with Crippen LogP contribution in [0.25, 0.3) is 70.1 Å². The first-order valence-electron chi connectivity index (χ1n) is 13.7. The van der Waals surface area contributed by atoms with Gasteiger partial charge in [0.2, 0.25) is 10.3 Å². The number of benzene rings is 5. The van der Waals surface area contributed by atoms with Gasteiger partial charge in [0.15, 0.2) is 11.7 Å². The van der Waals surface area contributed by atoms with Crippen molar-refractivity contribution < 1.29 is 13.9 Å². The SMILES string of the molecule is c1ccc2c(c1)c1ccc3c4c1c1c2ccc[n+]1C41c2c(ccc4c5ccccc5n5c6ccsc6[n+]1c5c24)O3. The number of pyridine rings is 2. The molecule has 40 heavy (non-hydrogen) atoms. The molecule has 0 aliphatic carbocycles. The first kappa shape index (κ1) is 19.1. The van der Waals surface area contributed by atoms with Crippen LogP contribution in [0.5, 0.6) is 11.5 Å². The number of hydrogen-bond acceptors (Lipinski definition) is 2. The third-order valence-corrected chi connectivity index (χ3v) is 10.7. The standard InChI is InChI=1S/C35H17N3OS/c1-2-7-19-18(6-1)21-11-13-26-30-28(21)32-23(19)9-5-16-36(32)35(30)31-27(39-26)14-12-22-20-8-3-4-10-24(20)37-25-15-17-40-34(25)38(35)33(37)29(22)31/h1-17H/q+2. The van der Waals surface area contributed by atoms with Crippen LogP contribution in [0.3, 0.4) is 0 Å². The van der Waals surface area contributed by atoms with Crippen LogP contribution in [0.4, 0.5) is 0 Å². The fraction of sp³-hybridized carbons (Fsp3) is 0.0286. The Balaban J connectivity index is 1.48. The maximum absolute atomic E-state index is 6.86. The third kappa shape index (κ3) is 1.65.